The molecule has 2 aromatic rings. The molecule has 1 radical (unpaired) electrons. The van der Waals surface area contributed by atoms with Gasteiger partial charge in [0, 0.05) is 21.9 Å². The van der Waals surface area contributed by atoms with Crippen LogP contribution in [0.3, 0.4) is 0 Å². The van der Waals surface area contributed by atoms with E-state index in [-0.39, 0.29) is 0 Å². The quantitative estimate of drug-likeness (QED) is 0.647. The summed E-state index contributed by atoms with van der Waals surface area (Å²) in [5.74, 6) is 0. The van der Waals surface area contributed by atoms with E-state index in [2.05, 4.69) is 19.2 Å². The summed E-state index contributed by atoms with van der Waals surface area (Å²) in [4.78, 5) is 1.14. The molecule has 1 saturated heterocycles. The minimum absolute atomic E-state index is 0.455. The summed E-state index contributed by atoms with van der Waals surface area (Å²) in [5.41, 5.74) is 1.64. The van der Waals surface area contributed by atoms with E-state index in [1.54, 1.807) is 11.3 Å². The molecule has 3 rings (SSSR count). The maximum atomic E-state index is 6.51. The fraction of sp³-hybridized carbons (Fsp3) is 0.375. The van der Waals surface area contributed by atoms with Crippen LogP contribution in [0.15, 0.2) is 30.3 Å². The van der Waals surface area contributed by atoms with Gasteiger partial charge >= 0.3 is 0 Å². The van der Waals surface area contributed by atoms with Gasteiger partial charge in [0.15, 0.2) is 0 Å². The van der Waals surface area contributed by atoms with Crippen LogP contribution in [0, 0.1) is 0 Å². The van der Waals surface area contributed by atoms with Crippen molar-refractivity contribution in [3.63, 3.8) is 0 Å². The van der Waals surface area contributed by atoms with E-state index < -0.39 is 14.6 Å². The predicted octanol–water partition coefficient (Wildman–Crippen LogP) is 5.49. The van der Waals surface area contributed by atoms with Crippen LogP contribution < -0.4 is 0 Å². The van der Waals surface area contributed by atoms with Crippen molar-refractivity contribution in [2.45, 2.75) is 31.7 Å². The van der Waals surface area contributed by atoms with Crippen LogP contribution >= 0.6 is 34.5 Å². The summed E-state index contributed by atoms with van der Waals surface area (Å²) < 4.78 is 12.5. The number of hydrogen-bond acceptors (Lipinski definition) is 3. The predicted molar refractivity (Wildman–Crippen MR) is 94.4 cm³/mol. The first-order valence-electron chi connectivity index (χ1n) is 7.13. The van der Waals surface area contributed by atoms with E-state index in [1.165, 1.54) is 0 Å². The molecule has 1 unspecified atom stereocenters. The lowest BCUT2D eigenvalue weighted by atomic mass is 9.81. The molecule has 2 heterocycles. The maximum absolute atomic E-state index is 6.51. The van der Waals surface area contributed by atoms with Crippen molar-refractivity contribution in [3.05, 3.63) is 55.7 Å². The van der Waals surface area contributed by atoms with Crippen LogP contribution in [0.4, 0.5) is 0 Å². The van der Waals surface area contributed by atoms with E-state index in [9.17, 15) is 0 Å². The molecule has 1 aromatic carbocycles. The highest BCUT2D eigenvalue weighted by Crippen LogP contribution is 2.49. The second-order valence-corrected chi connectivity index (χ2v) is 9.81. The van der Waals surface area contributed by atoms with Crippen LogP contribution in [0.25, 0.3) is 0 Å². The van der Waals surface area contributed by atoms with Gasteiger partial charge in [-0.1, -0.05) is 35.3 Å². The van der Waals surface area contributed by atoms with Gasteiger partial charge in [-0.25, -0.2) is 0 Å². The summed E-state index contributed by atoms with van der Waals surface area (Å²) >= 11 is 14.2. The van der Waals surface area contributed by atoms with Crippen LogP contribution in [-0.4, -0.2) is 15.6 Å². The Hall–Kier alpha value is -0.363. The van der Waals surface area contributed by atoms with Crippen molar-refractivity contribution in [2.24, 2.45) is 0 Å². The highest BCUT2D eigenvalue weighted by molar-refractivity contribution is 7.16. The van der Waals surface area contributed by atoms with Crippen molar-refractivity contribution in [2.75, 3.05) is 6.61 Å². The van der Waals surface area contributed by atoms with Gasteiger partial charge in [-0.2, -0.15) is 0 Å². The molecule has 1 fully saturated rings. The third-order valence-corrected chi connectivity index (χ3v) is 6.06. The van der Waals surface area contributed by atoms with E-state index in [0.717, 1.165) is 33.4 Å². The van der Waals surface area contributed by atoms with Gasteiger partial charge in [0.25, 0.3) is 0 Å². The largest absolute Gasteiger partial charge is 0.412 e. The Morgan fingerprint density at radius 2 is 2.09 bits per heavy atom. The smallest absolute Gasteiger partial charge is 0.205 e. The first kappa shape index (κ1) is 16.5. The number of hydrogen-bond donors (Lipinski definition) is 0. The fourth-order valence-electron chi connectivity index (χ4n) is 2.62. The SMILES string of the molecule is C[Si](C)OCc1cc(C2(c3cccc(Cl)c3)CCO2)c(Cl)s1. The Labute approximate surface area is 146 Å². The zero-order valence-corrected chi connectivity index (χ0v) is 15.8. The molecular formula is C16H17Cl2O2SSi. The van der Waals surface area contributed by atoms with Crippen molar-refractivity contribution in [1.29, 1.82) is 0 Å². The molecule has 1 aromatic heterocycles. The normalized spacial score (nSPS) is 21.1. The van der Waals surface area contributed by atoms with Crippen molar-refractivity contribution >= 4 is 43.6 Å². The molecule has 1 atom stereocenters. The Bertz CT molecular complexity index is 668. The summed E-state index contributed by atoms with van der Waals surface area (Å²) in [6, 6.07) is 9.96. The number of halogens is 2. The number of ether oxygens (including phenoxy) is 1. The minimum atomic E-state index is -0.704. The Kier molecular flexibility index (Phi) is 4.97. The lowest BCUT2D eigenvalue weighted by Crippen LogP contribution is -2.41. The fourth-order valence-corrected chi connectivity index (χ4v) is 4.72. The topological polar surface area (TPSA) is 18.5 Å². The van der Waals surface area contributed by atoms with Crippen LogP contribution in [0.2, 0.25) is 22.5 Å². The first-order chi connectivity index (χ1) is 10.5. The van der Waals surface area contributed by atoms with E-state index in [4.69, 9.17) is 32.4 Å². The van der Waals surface area contributed by atoms with E-state index >= 15 is 0 Å². The molecule has 2 nitrogen and oxygen atoms in total. The second-order valence-electron chi connectivity index (χ2n) is 5.53. The summed E-state index contributed by atoms with van der Waals surface area (Å²) in [5, 5.41) is 0.714. The Balaban J connectivity index is 1.94. The zero-order chi connectivity index (χ0) is 15.7. The van der Waals surface area contributed by atoms with Gasteiger partial charge in [-0.3, -0.25) is 0 Å². The summed E-state index contributed by atoms with van der Waals surface area (Å²) in [6.45, 7) is 5.62. The molecule has 6 heteroatoms. The number of benzene rings is 1. The molecule has 0 aliphatic carbocycles. The molecule has 0 saturated carbocycles. The average molecular weight is 372 g/mol. The van der Waals surface area contributed by atoms with Gasteiger partial charge in [0.05, 0.1) is 17.6 Å². The molecule has 22 heavy (non-hydrogen) atoms. The molecule has 0 N–H and O–H groups in total. The Morgan fingerprint density at radius 3 is 2.68 bits per heavy atom. The summed E-state index contributed by atoms with van der Waals surface area (Å²) in [6.07, 6.45) is 0.917. The van der Waals surface area contributed by atoms with Gasteiger partial charge < -0.3 is 9.16 Å². The third kappa shape index (κ3) is 3.14. The summed E-state index contributed by atoms with van der Waals surface area (Å²) in [7, 11) is -0.704. The third-order valence-electron chi connectivity index (χ3n) is 3.77. The van der Waals surface area contributed by atoms with E-state index in [1.807, 2.05) is 24.3 Å². The molecule has 0 spiro atoms. The lowest BCUT2D eigenvalue weighted by Gasteiger charge is -2.42. The standard InChI is InChI=1S/C16H17Cl2O2SSi/c1-22(2)20-10-13-9-14(15(18)21-13)16(6-7-19-16)11-4-3-5-12(17)8-11/h3-5,8-9H,6-7,10H2,1-2H3. The van der Waals surface area contributed by atoms with Crippen LogP contribution in [0.5, 0.6) is 0 Å². The van der Waals surface area contributed by atoms with Crippen LogP contribution in [0.1, 0.15) is 22.4 Å². The maximum Gasteiger partial charge on any atom is 0.205 e. The molecular weight excluding hydrogens is 355 g/mol. The molecule has 1 aliphatic heterocycles. The average Bonchev–Trinajstić information content (AvgIpc) is 2.77. The van der Waals surface area contributed by atoms with Crippen LogP contribution in [-0.2, 0) is 21.4 Å². The lowest BCUT2D eigenvalue weighted by molar-refractivity contribution is -0.123. The van der Waals surface area contributed by atoms with E-state index in [0.29, 0.717) is 11.6 Å². The van der Waals surface area contributed by atoms with Gasteiger partial charge in [-0.05, 0) is 36.9 Å². The van der Waals surface area contributed by atoms with Crippen molar-refractivity contribution < 1.29 is 9.16 Å². The van der Waals surface area contributed by atoms with Gasteiger partial charge in [0.1, 0.15) is 5.60 Å². The highest BCUT2D eigenvalue weighted by Gasteiger charge is 2.44. The monoisotopic (exact) mass is 371 g/mol. The number of thiophene rings is 1. The zero-order valence-electron chi connectivity index (χ0n) is 12.5. The molecule has 0 bridgehead atoms. The number of rotatable bonds is 5. The Morgan fingerprint density at radius 1 is 1.32 bits per heavy atom. The van der Waals surface area contributed by atoms with Gasteiger partial charge in [-0.15, -0.1) is 11.3 Å². The molecule has 0 amide bonds. The molecule has 1 aliphatic rings. The second kappa shape index (κ2) is 6.63. The van der Waals surface area contributed by atoms with Gasteiger partial charge in [0.2, 0.25) is 9.04 Å². The molecule has 117 valence electrons. The van der Waals surface area contributed by atoms with Crippen molar-refractivity contribution in [3.8, 4) is 0 Å². The van der Waals surface area contributed by atoms with Crippen molar-refractivity contribution in [1.82, 2.24) is 0 Å². The first-order valence-corrected chi connectivity index (χ1v) is 11.1. The highest BCUT2D eigenvalue weighted by atomic mass is 35.5. The minimum Gasteiger partial charge on any atom is -0.412 e.